The number of benzene rings is 2. The molecule has 0 unspecified atom stereocenters. The molecule has 7 nitrogen and oxygen atoms in total. The summed E-state index contributed by atoms with van der Waals surface area (Å²) in [6, 6.07) is 15.7. The molecule has 0 aliphatic carbocycles. The second kappa shape index (κ2) is 8.68. The summed E-state index contributed by atoms with van der Waals surface area (Å²) in [6.45, 7) is 0. The summed E-state index contributed by atoms with van der Waals surface area (Å²) in [7, 11) is 2.87. The number of nitrogens with one attached hydrogen (secondary N) is 2. The molecule has 7 heteroatoms. The highest BCUT2D eigenvalue weighted by Gasteiger charge is 2.11. The summed E-state index contributed by atoms with van der Waals surface area (Å²) in [5.74, 6) is -0.173. The summed E-state index contributed by atoms with van der Waals surface area (Å²) >= 11 is 0. The van der Waals surface area contributed by atoms with Crippen LogP contribution < -0.4 is 15.4 Å². The van der Waals surface area contributed by atoms with Gasteiger partial charge in [0.15, 0.2) is 0 Å². The number of nitrogens with zero attached hydrogens (tertiary/aromatic N) is 1. The van der Waals surface area contributed by atoms with Crippen molar-refractivity contribution in [2.75, 3.05) is 24.9 Å². The fourth-order valence-electron chi connectivity index (χ4n) is 2.58. The van der Waals surface area contributed by atoms with Crippen LogP contribution in [0.5, 0.6) is 5.75 Å². The van der Waals surface area contributed by atoms with Crippen LogP contribution in [0.1, 0.15) is 20.7 Å². The first-order chi connectivity index (χ1) is 13.6. The molecule has 0 spiro atoms. The quantitative estimate of drug-likeness (QED) is 0.634. The minimum atomic E-state index is -0.424. The van der Waals surface area contributed by atoms with E-state index in [-0.39, 0.29) is 5.91 Å². The number of hydrogen-bond donors (Lipinski definition) is 2. The number of ether oxygens (including phenoxy) is 2. The Labute approximate surface area is 162 Å². The highest BCUT2D eigenvalue weighted by Crippen LogP contribution is 2.24. The molecule has 0 aliphatic heterocycles. The maximum Gasteiger partial charge on any atom is 0.337 e. The molecule has 0 radical (unpaired) electrons. The van der Waals surface area contributed by atoms with Crippen molar-refractivity contribution in [2.45, 2.75) is 0 Å². The molecule has 0 aliphatic rings. The van der Waals surface area contributed by atoms with Gasteiger partial charge in [0.05, 0.1) is 42.9 Å². The molecule has 0 saturated heterocycles. The molecule has 3 rings (SSSR count). The van der Waals surface area contributed by atoms with E-state index >= 15 is 0 Å². The lowest BCUT2D eigenvalue weighted by Crippen LogP contribution is -2.13. The maximum atomic E-state index is 12.6. The molecule has 0 bridgehead atoms. The van der Waals surface area contributed by atoms with E-state index in [2.05, 4.69) is 15.6 Å². The smallest absolute Gasteiger partial charge is 0.337 e. The standard InChI is InChI=1S/C21H19N3O4/c1-27-19-9-4-3-8-18(19)24-20(25)15-11-17(13-22-12-15)23-16-7-5-6-14(10-16)21(26)28-2/h3-13,23H,1-2H3,(H,24,25). The summed E-state index contributed by atoms with van der Waals surface area (Å²) in [5.41, 5.74) is 2.64. The van der Waals surface area contributed by atoms with Gasteiger partial charge in [0.1, 0.15) is 5.75 Å². The lowest BCUT2D eigenvalue weighted by atomic mass is 10.2. The third kappa shape index (κ3) is 4.45. The van der Waals surface area contributed by atoms with Crippen LogP contribution in [0.25, 0.3) is 0 Å². The largest absolute Gasteiger partial charge is 0.495 e. The summed E-state index contributed by atoms with van der Waals surface area (Å²) < 4.78 is 9.97. The van der Waals surface area contributed by atoms with Gasteiger partial charge in [-0.3, -0.25) is 9.78 Å². The first-order valence-electron chi connectivity index (χ1n) is 8.45. The van der Waals surface area contributed by atoms with Crippen molar-refractivity contribution in [3.63, 3.8) is 0 Å². The fraction of sp³-hybridized carbons (Fsp3) is 0.0952. The molecule has 3 aromatic rings. The van der Waals surface area contributed by atoms with Crippen molar-refractivity contribution in [3.05, 3.63) is 78.1 Å². The van der Waals surface area contributed by atoms with Gasteiger partial charge in [-0.25, -0.2) is 4.79 Å². The molecule has 142 valence electrons. The molecule has 28 heavy (non-hydrogen) atoms. The molecule has 1 heterocycles. The first-order valence-corrected chi connectivity index (χ1v) is 8.45. The lowest BCUT2D eigenvalue weighted by molar-refractivity contribution is 0.0600. The average molecular weight is 377 g/mol. The summed E-state index contributed by atoms with van der Waals surface area (Å²) in [6.07, 6.45) is 3.06. The number of pyridine rings is 1. The average Bonchev–Trinajstić information content (AvgIpc) is 2.74. The van der Waals surface area contributed by atoms with Gasteiger partial charge in [-0.1, -0.05) is 18.2 Å². The third-order valence-electron chi connectivity index (χ3n) is 3.93. The zero-order valence-electron chi connectivity index (χ0n) is 15.4. The van der Waals surface area contributed by atoms with Gasteiger partial charge < -0.3 is 20.1 Å². The van der Waals surface area contributed by atoms with Crippen LogP contribution in [0.15, 0.2) is 67.0 Å². The van der Waals surface area contributed by atoms with E-state index in [1.165, 1.54) is 13.3 Å². The van der Waals surface area contributed by atoms with Gasteiger partial charge in [0.2, 0.25) is 0 Å². The van der Waals surface area contributed by atoms with Gasteiger partial charge in [0, 0.05) is 11.9 Å². The van der Waals surface area contributed by atoms with E-state index in [1.807, 2.05) is 12.1 Å². The number of carbonyl (C=O) groups excluding carboxylic acids is 2. The molecule has 1 amide bonds. The van der Waals surface area contributed by atoms with Crippen molar-refractivity contribution in [2.24, 2.45) is 0 Å². The van der Waals surface area contributed by atoms with Crippen molar-refractivity contribution in [1.29, 1.82) is 0 Å². The topological polar surface area (TPSA) is 89.5 Å². The van der Waals surface area contributed by atoms with Crippen LogP contribution in [0.4, 0.5) is 17.1 Å². The molecule has 0 fully saturated rings. The van der Waals surface area contributed by atoms with E-state index in [0.29, 0.717) is 33.9 Å². The van der Waals surface area contributed by atoms with Gasteiger partial charge in [-0.05, 0) is 36.4 Å². The first kappa shape index (κ1) is 18.9. The van der Waals surface area contributed by atoms with Gasteiger partial charge >= 0.3 is 5.97 Å². The minimum absolute atomic E-state index is 0.316. The number of para-hydroxylation sites is 2. The minimum Gasteiger partial charge on any atom is -0.495 e. The molecule has 2 aromatic carbocycles. The molecule has 1 aromatic heterocycles. The van der Waals surface area contributed by atoms with Crippen molar-refractivity contribution in [3.8, 4) is 5.75 Å². The molecule has 0 atom stereocenters. The molecule has 0 saturated carbocycles. The normalized spacial score (nSPS) is 10.1. The Morgan fingerprint density at radius 3 is 2.46 bits per heavy atom. The third-order valence-corrected chi connectivity index (χ3v) is 3.93. The van der Waals surface area contributed by atoms with Gasteiger partial charge in [0.25, 0.3) is 5.91 Å². The summed E-state index contributed by atoms with van der Waals surface area (Å²) in [5, 5.41) is 5.94. The fourth-order valence-corrected chi connectivity index (χ4v) is 2.58. The monoisotopic (exact) mass is 377 g/mol. The maximum absolute atomic E-state index is 12.6. The Balaban J connectivity index is 1.77. The molecular formula is C21H19N3O4. The van der Waals surface area contributed by atoms with E-state index in [9.17, 15) is 9.59 Å². The zero-order chi connectivity index (χ0) is 19.9. The number of anilines is 3. The number of carbonyl (C=O) groups is 2. The van der Waals surface area contributed by atoms with E-state index < -0.39 is 5.97 Å². The zero-order valence-corrected chi connectivity index (χ0v) is 15.4. The van der Waals surface area contributed by atoms with Crippen molar-refractivity contribution in [1.82, 2.24) is 4.98 Å². The number of rotatable bonds is 6. The van der Waals surface area contributed by atoms with Crippen LogP contribution in [0.2, 0.25) is 0 Å². The predicted octanol–water partition coefficient (Wildman–Crippen LogP) is 3.87. The van der Waals surface area contributed by atoms with E-state index in [4.69, 9.17) is 9.47 Å². The number of aromatic nitrogens is 1. The van der Waals surface area contributed by atoms with Crippen LogP contribution in [-0.2, 0) is 4.74 Å². The summed E-state index contributed by atoms with van der Waals surface area (Å²) in [4.78, 5) is 28.3. The second-order valence-electron chi connectivity index (χ2n) is 5.81. The van der Waals surface area contributed by atoms with Crippen LogP contribution in [-0.4, -0.2) is 31.1 Å². The predicted molar refractivity (Wildman–Crippen MR) is 106 cm³/mol. The Kier molecular flexibility index (Phi) is 5.86. The highest BCUT2D eigenvalue weighted by molar-refractivity contribution is 6.05. The molecule has 2 N–H and O–H groups in total. The molecular weight excluding hydrogens is 358 g/mol. The SMILES string of the molecule is COC(=O)c1cccc(Nc2cncc(C(=O)Nc3ccccc3OC)c2)c1. The van der Waals surface area contributed by atoms with Crippen molar-refractivity contribution >= 4 is 28.9 Å². The highest BCUT2D eigenvalue weighted by atomic mass is 16.5. The number of amides is 1. The van der Waals surface area contributed by atoms with Crippen LogP contribution >= 0.6 is 0 Å². The van der Waals surface area contributed by atoms with E-state index in [1.54, 1.807) is 55.8 Å². The Hall–Kier alpha value is -3.87. The lowest BCUT2D eigenvalue weighted by Gasteiger charge is -2.11. The number of esters is 1. The number of methoxy groups -OCH3 is 2. The Morgan fingerprint density at radius 1 is 0.893 bits per heavy atom. The van der Waals surface area contributed by atoms with Crippen molar-refractivity contribution < 1.29 is 19.1 Å². The van der Waals surface area contributed by atoms with Gasteiger partial charge in [-0.2, -0.15) is 0 Å². The van der Waals surface area contributed by atoms with Crippen LogP contribution in [0.3, 0.4) is 0 Å². The van der Waals surface area contributed by atoms with E-state index in [0.717, 1.165) is 0 Å². The number of hydrogen-bond acceptors (Lipinski definition) is 6. The Morgan fingerprint density at radius 2 is 1.68 bits per heavy atom. The van der Waals surface area contributed by atoms with Crippen LogP contribution in [0, 0.1) is 0 Å². The Bertz CT molecular complexity index is 1000. The second-order valence-corrected chi connectivity index (χ2v) is 5.81. The van der Waals surface area contributed by atoms with Gasteiger partial charge in [-0.15, -0.1) is 0 Å².